The van der Waals surface area contributed by atoms with E-state index in [1.54, 1.807) is 31.1 Å². The summed E-state index contributed by atoms with van der Waals surface area (Å²) in [5.41, 5.74) is 0. The Hall–Kier alpha value is 0.716. The maximum absolute atomic E-state index is 2.58. The molecule has 0 saturated heterocycles. The molecular weight excluding hydrogens is 553 g/mol. The van der Waals surface area contributed by atoms with Crippen LogP contribution in [0.15, 0.2) is 24.3 Å². The van der Waals surface area contributed by atoms with Gasteiger partial charge in [0.2, 0.25) is 0 Å². The van der Waals surface area contributed by atoms with E-state index in [-0.39, 0.29) is 21.7 Å². The van der Waals surface area contributed by atoms with Gasteiger partial charge >= 0.3 is 21.7 Å². The van der Waals surface area contributed by atoms with Gasteiger partial charge in [0.1, 0.15) is 0 Å². The van der Waals surface area contributed by atoms with Crippen LogP contribution >= 0.6 is 0 Å². The van der Waals surface area contributed by atoms with Crippen molar-refractivity contribution in [2.24, 2.45) is 0 Å². The molecule has 0 aliphatic carbocycles. The van der Waals surface area contributed by atoms with Crippen molar-refractivity contribution in [1.82, 2.24) is 0 Å². The van der Waals surface area contributed by atoms with Crippen molar-refractivity contribution < 1.29 is 21.7 Å². The first-order valence-corrected chi connectivity index (χ1v) is 34.3. The fourth-order valence-electron chi connectivity index (χ4n) is 4.36. The van der Waals surface area contributed by atoms with E-state index in [0.717, 1.165) is 0 Å². The minimum absolute atomic E-state index is 0. The Morgan fingerprint density at radius 1 is 0.400 bits per heavy atom. The topological polar surface area (TPSA) is 0 Å². The van der Waals surface area contributed by atoms with Crippen LogP contribution in [0.3, 0.4) is 0 Å². The molecule has 0 bridgehead atoms. The predicted molar refractivity (Wildman–Crippen MR) is 182 cm³/mol. The fourth-order valence-corrected chi connectivity index (χ4v) is 17.6. The van der Waals surface area contributed by atoms with E-state index in [1.807, 2.05) is 0 Å². The van der Waals surface area contributed by atoms with E-state index in [0.29, 0.717) is 0 Å². The largest absolute Gasteiger partial charge is 2.00 e. The van der Waals surface area contributed by atoms with E-state index < -0.39 is 48.4 Å². The monoisotopic (exact) mass is 610 g/mol. The quantitative estimate of drug-likeness (QED) is 0.275. The Labute approximate surface area is 241 Å². The van der Waals surface area contributed by atoms with Crippen molar-refractivity contribution in [2.45, 2.75) is 118 Å². The summed E-state index contributed by atoms with van der Waals surface area (Å²) >= 11 is 0. The Morgan fingerprint density at radius 3 is 0.743 bits per heavy atom. The maximum Gasteiger partial charge on any atom is 2.00 e. The molecule has 0 radical (unpaired) electrons. The van der Waals surface area contributed by atoms with E-state index in [2.05, 4.69) is 142 Å². The van der Waals surface area contributed by atoms with Gasteiger partial charge in [-0.05, 0) is 0 Å². The summed E-state index contributed by atoms with van der Waals surface area (Å²) in [4.78, 5) is 0. The molecule has 0 fully saturated rings. The molecule has 0 aliphatic rings. The third kappa shape index (κ3) is 10.1. The molecule has 0 atom stereocenters. The first kappa shape index (κ1) is 35.7. The van der Waals surface area contributed by atoms with Crippen molar-refractivity contribution >= 4 is 79.6 Å². The molecule has 0 saturated carbocycles. The van der Waals surface area contributed by atoms with E-state index in [9.17, 15) is 0 Å². The Kier molecular flexibility index (Phi) is 11.7. The van der Waals surface area contributed by atoms with Gasteiger partial charge in [0.25, 0.3) is 0 Å². The molecule has 0 amide bonds. The van der Waals surface area contributed by atoms with Gasteiger partial charge in [-0.15, -0.1) is 0 Å². The molecule has 0 unspecified atom stereocenters. The van der Waals surface area contributed by atoms with Crippen molar-refractivity contribution in [1.29, 1.82) is 0 Å². The van der Waals surface area contributed by atoms with Gasteiger partial charge in [-0.1, -0.05) is 118 Å². The Morgan fingerprint density at radius 2 is 0.629 bits per heavy atom. The molecular formula is C28H58Si6Ti. The second-order valence-electron chi connectivity index (χ2n) is 16.6. The second kappa shape index (κ2) is 11.4. The third-order valence-electron chi connectivity index (χ3n) is 6.74. The summed E-state index contributed by atoms with van der Waals surface area (Å²) in [5, 5.41) is 10.3. The zero-order chi connectivity index (χ0) is 27.3. The van der Waals surface area contributed by atoms with Gasteiger partial charge in [0, 0.05) is 32.3 Å². The van der Waals surface area contributed by atoms with E-state index in [4.69, 9.17) is 0 Å². The van der Waals surface area contributed by atoms with Crippen LogP contribution in [-0.2, 0) is 21.7 Å². The van der Waals surface area contributed by atoms with Crippen molar-refractivity contribution in [3.63, 3.8) is 0 Å². The normalized spacial score (nSPS) is 13.8. The summed E-state index contributed by atoms with van der Waals surface area (Å²) < 4.78 is 0. The number of hydrogen-bond acceptors (Lipinski definition) is 0. The fraction of sp³-hybridized carbons (Fsp3) is 0.643. The molecule has 2 aromatic rings. The standard InChI is InChI=1S/2C14H29Si3.Ti/c2*1-15(2,3)12-10-13(16(4,5)6)14(11-12)17(7,8)9;/h2*10-11H,1-9H3;/q2*-1;+2. The van der Waals surface area contributed by atoms with Crippen molar-refractivity contribution in [3.8, 4) is 0 Å². The summed E-state index contributed by atoms with van der Waals surface area (Å²) in [6.07, 6.45) is 0. The van der Waals surface area contributed by atoms with Crippen LogP contribution < -0.4 is 31.1 Å². The van der Waals surface area contributed by atoms with Crippen LogP contribution in [0.4, 0.5) is 0 Å². The zero-order valence-electron chi connectivity index (χ0n) is 26.8. The minimum atomic E-state index is -1.19. The van der Waals surface area contributed by atoms with Crippen molar-refractivity contribution in [2.75, 3.05) is 0 Å². The summed E-state index contributed by atoms with van der Waals surface area (Å²) in [7, 11) is -7.07. The summed E-state index contributed by atoms with van der Waals surface area (Å²) in [5.74, 6) is 0. The van der Waals surface area contributed by atoms with Crippen LogP contribution in [0.5, 0.6) is 0 Å². The summed E-state index contributed by atoms with van der Waals surface area (Å²) in [6, 6.07) is 10.3. The third-order valence-corrected chi connectivity index (χ3v) is 19.4. The van der Waals surface area contributed by atoms with Crippen LogP contribution in [0.1, 0.15) is 0 Å². The average Bonchev–Trinajstić information content (AvgIpc) is 3.18. The number of hydrogen-bond donors (Lipinski definition) is 0. The molecule has 7 heteroatoms. The molecule has 198 valence electrons. The van der Waals surface area contributed by atoms with Gasteiger partial charge in [-0.25, -0.2) is 22.5 Å². The Bertz CT molecular complexity index is 813. The van der Waals surface area contributed by atoms with Crippen LogP contribution in [0.2, 0.25) is 118 Å². The van der Waals surface area contributed by atoms with E-state index >= 15 is 0 Å². The molecule has 0 nitrogen and oxygen atoms in total. The predicted octanol–water partition coefficient (Wildman–Crippen LogP) is 6.08. The molecule has 0 aromatic heterocycles. The van der Waals surface area contributed by atoms with Gasteiger partial charge in [-0.3, -0.25) is 0 Å². The van der Waals surface area contributed by atoms with Crippen LogP contribution in [-0.4, -0.2) is 48.4 Å². The SMILES string of the molecule is C[Si](C)(C)c1cc([Si](C)(C)C)[c-]([Si](C)(C)C)c1.C[Si](C)(C)c1cc([Si](C)(C)C)[c-]([Si](C)(C)C)c1.[Ti+2]. The molecule has 35 heavy (non-hydrogen) atoms. The molecule has 2 rings (SSSR count). The second-order valence-corrected chi connectivity index (χ2v) is 47.0. The first-order chi connectivity index (χ1) is 14.7. The first-order valence-electron chi connectivity index (χ1n) is 13.3. The molecule has 2 aromatic carbocycles. The van der Waals surface area contributed by atoms with E-state index in [1.165, 1.54) is 0 Å². The summed E-state index contributed by atoms with van der Waals surface area (Å²) in [6.45, 7) is 44.6. The Balaban J connectivity index is 0.000000642. The van der Waals surface area contributed by atoms with Crippen LogP contribution in [0, 0.1) is 0 Å². The van der Waals surface area contributed by atoms with Gasteiger partial charge in [0.05, 0.1) is 16.1 Å². The maximum atomic E-state index is 2.58. The average molecular weight is 611 g/mol. The molecule has 0 heterocycles. The smallest absolute Gasteiger partial charge is 0.213 e. The molecule has 0 aliphatic heterocycles. The van der Waals surface area contributed by atoms with Crippen LogP contribution in [0.25, 0.3) is 0 Å². The van der Waals surface area contributed by atoms with Gasteiger partial charge in [0.15, 0.2) is 0 Å². The van der Waals surface area contributed by atoms with Crippen molar-refractivity contribution in [3.05, 3.63) is 24.3 Å². The molecule has 0 spiro atoms. The zero-order valence-corrected chi connectivity index (χ0v) is 34.4. The van der Waals surface area contributed by atoms with Gasteiger partial charge in [-0.2, -0.15) is 32.9 Å². The number of rotatable bonds is 6. The van der Waals surface area contributed by atoms with Gasteiger partial charge < -0.3 is 0 Å². The molecule has 0 N–H and O–H groups in total. The minimum Gasteiger partial charge on any atom is -0.213 e.